The third-order valence-electron chi connectivity index (χ3n) is 4.73. The van der Waals surface area contributed by atoms with Gasteiger partial charge in [0.2, 0.25) is 0 Å². The topological polar surface area (TPSA) is 78.8 Å². The molecule has 0 atom stereocenters. The average Bonchev–Trinajstić information content (AvgIpc) is 2.85. The Labute approximate surface area is 160 Å². The molecule has 1 saturated heterocycles. The molecule has 2 aliphatic rings. The van der Waals surface area contributed by atoms with E-state index in [2.05, 4.69) is 9.71 Å². The Balaban J connectivity index is 1.68. The van der Waals surface area contributed by atoms with Crippen molar-refractivity contribution in [3.8, 4) is 0 Å². The molecule has 0 bridgehead atoms. The molecule has 0 spiro atoms. The standard InChI is InChI=1S/C19H17F2N3O3S/c20-13-9-14(21)11-15(10-13)22-19(25)12-5-6-16-17(8-12)28(26,27)23-18-4-2-1-3-7-24(16)18/h5-6,8-11H,1-4,7H2,(H,22,25). The van der Waals surface area contributed by atoms with Gasteiger partial charge in [-0.25, -0.2) is 8.78 Å². The number of rotatable bonds is 2. The molecule has 0 aliphatic carbocycles. The Kier molecular flexibility index (Phi) is 4.62. The second-order valence-electron chi connectivity index (χ2n) is 6.74. The van der Waals surface area contributed by atoms with Crippen LogP contribution in [-0.4, -0.2) is 26.7 Å². The summed E-state index contributed by atoms with van der Waals surface area (Å²) in [7, 11) is -3.92. The number of hydrogen-bond acceptors (Lipinski definition) is 4. The molecular formula is C19H17F2N3O3S. The first-order chi connectivity index (χ1) is 13.3. The number of carbonyl (C=O) groups is 1. The molecule has 9 heteroatoms. The number of nitrogens with one attached hydrogen (secondary N) is 1. The third-order valence-corrected chi connectivity index (χ3v) is 6.06. The van der Waals surface area contributed by atoms with Crippen molar-refractivity contribution in [1.29, 1.82) is 0 Å². The summed E-state index contributed by atoms with van der Waals surface area (Å²) < 4.78 is 55.8. The molecule has 0 radical (unpaired) electrons. The van der Waals surface area contributed by atoms with E-state index in [9.17, 15) is 22.0 Å². The summed E-state index contributed by atoms with van der Waals surface area (Å²) in [4.78, 5) is 14.3. The van der Waals surface area contributed by atoms with Crippen molar-refractivity contribution >= 4 is 33.1 Å². The quantitative estimate of drug-likeness (QED) is 0.826. The molecule has 1 N–H and O–H groups in total. The molecule has 2 aliphatic heterocycles. The summed E-state index contributed by atoms with van der Waals surface area (Å²) in [6.07, 6.45) is 3.39. The van der Waals surface area contributed by atoms with E-state index in [-0.39, 0.29) is 16.1 Å². The zero-order chi connectivity index (χ0) is 19.9. The highest BCUT2D eigenvalue weighted by molar-refractivity contribution is 7.90. The second-order valence-corrected chi connectivity index (χ2v) is 8.31. The van der Waals surface area contributed by atoms with Gasteiger partial charge in [-0.2, -0.15) is 8.42 Å². The lowest BCUT2D eigenvalue weighted by Gasteiger charge is -2.29. The summed E-state index contributed by atoms with van der Waals surface area (Å²) in [5.41, 5.74) is 0.497. The van der Waals surface area contributed by atoms with Crippen LogP contribution in [0.5, 0.6) is 0 Å². The van der Waals surface area contributed by atoms with Crippen LogP contribution in [0.1, 0.15) is 36.0 Å². The van der Waals surface area contributed by atoms with Gasteiger partial charge in [0.25, 0.3) is 15.9 Å². The van der Waals surface area contributed by atoms with Crippen molar-refractivity contribution < 1.29 is 22.0 Å². The monoisotopic (exact) mass is 405 g/mol. The van der Waals surface area contributed by atoms with E-state index in [1.807, 2.05) is 4.90 Å². The van der Waals surface area contributed by atoms with Gasteiger partial charge in [0.05, 0.1) is 5.69 Å². The first kappa shape index (κ1) is 18.5. The molecule has 1 fully saturated rings. The number of nitrogens with zero attached hydrogens (tertiary/aromatic N) is 2. The van der Waals surface area contributed by atoms with Crippen molar-refractivity contribution in [1.82, 2.24) is 0 Å². The van der Waals surface area contributed by atoms with Crippen molar-refractivity contribution in [2.45, 2.75) is 30.6 Å². The van der Waals surface area contributed by atoms with Crippen LogP contribution in [0.3, 0.4) is 0 Å². The second kappa shape index (κ2) is 6.97. The number of amidine groups is 1. The van der Waals surface area contributed by atoms with Crippen LogP contribution in [0.4, 0.5) is 20.2 Å². The van der Waals surface area contributed by atoms with E-state index >= 15 is 0 Å². The highest BCUT2D eigenvalue weighted by Crippen LogP contribution is 2.35. The number of hydrogen-bond donors (Lipinski definition) is 1. The number of amides is 1. The van der Waals surface area contributed by atoms with E-state index in [1.54, 1.807) is 6.07 Å². The van der Waals surface area contributed by atoms with Gasteiger partial charge in [-0.1, -0.05) is 6.42 Å². The molecular weight excluding hydrogens is 388 g/mol. The fraction of sp³-hybridized carbons (Fsp3) is 0.263. The highest BCUT2D eigenvalue weighted by Gasteiger charge is 2.32. The minimum atomic E-state index is -3.92. The Morgan fingerprint density at radius 3 is 2.54 bits per heavy atom. The van der Waals surface area contributed by atoms with Gasteiger partial charge >= 0.3 is 0 Å². The summed E-state index contributed by atoms with van der Waals surface area (Å²) in [6.45, 7) is 0.662. The van der Waals surface area contributed by atoms with Crippen LogP contribution >= 0.6 is 0 Å². The van der Waals surface area contributed by atoms with E-state index in [1.165, 1.54) is 12.1 Å². The molecule has 2 aromatic carbocycles. The van der Waals surface area contributed by atoms with Crippen LogP contribution in [0, 0.1) is 11.6 Å². The normalized spacial score (nSPS) is 17.8. The molecule has 6 nitrogen and oxygen atoms in total. The maximum atomic E-state index is 13.3. The highest BCUT2D eigenvalue weighted by atomic mass is 32.2. The lowest BCUT2D eigenvalue weighted by Crippen LogP contribution is -2.35. The lowest BCUT2D eigenvalue weighted by atomic mass is 10.1. The van der Waals surface area contributed by atoms with Crippen LogP contribution in [-0.2, 0) is 10.0 Å². The number of sulfonamides is 1. The maximum absolute atomic E-state index is 13.3. The van der Waals surface area contributed by atoms with Gasteiger partial charge < -0.3 is 10.2 Å². The Morgan fingerprint density at radius 2 is 1.79 bits per heavy atom. The Bertz CT molecular complexity index is 1080. The van der Waals surface area contributed by atoms with Crippen molar-refractivity contribution in [3.05, 3.63) is 53.6 Å². The zero-order valence-corrected chi connectivity index (χ0v) is 15.6. The van der Waals surface area contributed by atoms with Crippen molar-refractivity contribution in [2.75, 3.05) is 16.8 Å². The van der Waals surface area contributed by atoms with Gasteiger partial charge in [-0.05, 0) is 43.2 Å². The van der Waals surface area contributed by atoms with Crippen molar-refractivity contribution in [2.24, 2.45) is 4.40 Å². The van der Waals surface area contributed by atoms with Gasteiger partial charge in [0, 0.05) is 30.3 Å². The average molecular weight is 405 g/mol. The fourth-order valence-electron chi connectivity index (χ4n) is 3.45. The molecule has 4 rings (SSSR count). The number of anilines is 2. The first-order valence-electron chi connectivity index (χ1n) is 8.86. The summed E-state index contributed by atoms with van der Waals surface area (Å²) in [5, 5.41) is 2.38. The molecule has 0 unspecified atom stereocenters. The first-order valence-corrected chi connectivity index (χ1v) is 10.3. The summed E-state index contributed by atoms with van der Waals surface area (Å²) in [6, 6.07) is 6.97. The minimum Gasteiger partial charge on any atom is -0.328 e. The van der Waals surface area contributed by atoms with Crippen LogP contribution in [0.15, 0.2) is 45.7 Å². The predicted octanol–water partition coefficient (Wildman–Crippen LogP) is 3.70. The van der Waals surface area contributed by atoms with Crippen LogP contribution < -0.4 is 10.2 Å². The van der Waals surface area contributed by atoms with Gasteiger partial charge in [-0.15, -0.1) is 4.40 Å². The molecule has 2 heterocycles. The van der Waals surface area contributed by atoms with Gasteiger partial charge in [0.1, 0.15) is 22.4 Å². The van der Waals surface area contributed by atoms with Crippen molar-refractivity contribution in [3.63, 3.8) is 0 Å². The Morgan fingerprint density at radius 1 is 1.04 bits per heavy atom. The number of carbonyl (C=O) groups excluding carboxylic acids is 1. The molecule has 1 amide bonds. The molecule has 0 aromatic heterocycles. The molecule has 28 heavy (non-hydrogen) atoms. The zero-order valence-electron chi connectivity index (χ0n) is 14.8. The fourth-order valence-corrected chi connectivity index (χ4v) is 4.73. The number of fused-ring (bicyclic) bond motifs is 3. The predicted molar refractivity (Wildman–Crippen MR) is 101 cm³/mol. The summed E-state index contributed by atoms with van der Waals surface area (Å²) >= 11 is 0. The van der Waals surface area contributed by atoms with E-state index in [0.29, 0.717) is 30.6 Å². The SMILES string of the molecule is O=C(Nc1cc(F)cc(F)c1)c1ccc2c(c1)S(=O)(=O)N=C1CCCCCN12. The molecule has 2 aromatic rings. The molecule has 146 valence electrons. The van der Waals surface area contributed by atoms with E-state index in [0.717, 1.165) is 31.4 Å². The largest absolute Gasteiger partial charge is 0.328 e. The van der Waals surface area contributed by atoms with E-state index < -0.39 is 27.6 Å². The van der Waals surface area contributed by atoms with Gasteiger partial charge in [-0.3, -0.25) is 4.79 Å². The van der Waals surface area contributed by atoms with Gasteiger partial charge in [0.15, 0.2) is 0 Å². The smallest absolute Gasteiger partial charge is 0.286 e. The number of benzene rings is 2. The third kappa shape index (κ3) is 3.49. The van der Waals surface area contributed by atoms with E-state index in [4.69, 9.17) is 0 Å². The van der Waals surface area contributed by atoms with Crippen LogP contribution in [0.2, 0.25) is 0 Å². The summed E-state index contributed by atoms with van der Waals surface area (Å²) in [5.74, 6) is -1.80. The number of halogens is 2. The molecule has 0 saturated carbocycles. The lowest BCUT2D eigenvalue weighted by molar-refractivity contribution is 0.102. The minimum absolute atomic E-state index is 0.0452. The van der Waals surface area contributed by atoms with Crippen LogP contribution in [0.25, 0.3) is 0 Å². The Hall–Kier alpha value is -2.81. The maximum Gasteiger partial charge on any atom is 0.286 e.